The third-order valence-corrected chi connectivity index (χ3v) is 3.78. The summed E-state index contributed by atoms with van der Waals surface area (Å²) in [5.41, 5.74) is 8.53. The Kier molecular flexibility index (Phi) is 5.00. The van der Waals surface area contributed by atoms with E-state index in [1.165, 1.54) is 5.56 Å². The van der Waals surface area contributed by atoms with E-state index in [0.29, 0.717) is 0 Å². The lowest BCUT2D eigenvalue weighted by molar-refractivity contribution is 0.181. The van der Waals surface area contributed by atoms with Crippen LogP contribution in [0.1, 0.15) is 37.5 Å². The van der Waals surface area contributed by atoms with E-state index in [2.05, 4.69) is 35.9 Å². The molecule has 2 aromatic rings. The molecule has 2 N–H and O–H groups in total. The molecule has 0 amide bonds. The zero-order valence-corrected chi connectivity index (χ0v) is 12.3. The first-order valence-corrected chi connectivity index (χ1v) is 7.68. The van der Waals surface area contributed by atoms with Gasteiger partial charge in [0.2, 0.25) is 0 Å². The Morgan fingerprint density at radius 1 is 1.21 bits per heavy atom. The first-order valence-electron chi connectivity index (χ1n) is 6.74. The summed E-state index contributed by atoms with van der Waals surface area (Å²) in [5, 5.41) is 4.15. The van der Waals surface area contributed by atoms with Crippen LogP contribution in [0.25, 0.3) is 0 Å². The number of rotatable bonds is 6. The normalized spacial score (nSPS) is 14.1. The van der Waals surface area contributed by atoms with Gasteiger partial charge in [0.25, 0.3) is 0 Å². The number of hydrogen-bond acceptors (Lipinski definition) is 3. The first kappa shape index (κ1) is 14.1. The fourth-order valence-electron chi connectivity index (χ4n) is 2.09. The van der Waals surface area contributed by atoms with Crippen LogP contribution < -0.4 is 10.5 Å². The molecule has 3 heteroatoms. The predicted octanol–water partition coefficient (Wildman–Crippen LogP) is 4.17. The van der Waals surface area contributed by atoms with Crippen molar-refractivity contribution in [3.63, 3.8) is 0 Å². The molecule has 1 aromatic heterocycles. The van der Waals surface area contributed by atoms with E-state index in [1.807, 2.05) is 19.1 Å². The highest BCUT2D eigenvalue weighted by Gasteiger charge is 2.18. The van der Waals surface area contributed by atoms with Crippen LogP contribution in [0.2, 0.25) is 0 Å². The third kappa shape index (κ3) is 3.82. The largest absolute Gasteiger partial charge is 0.484 e. The molecule has 0 radical (unpaired) electrons. The van der Waals surface area contributed by atoms with Gasteiger partial charge in [0.1, 0.15) is 11.9 Å². The van der Waals surface area contributed by atoms with Gasteiger partial charge < -0.3 is 10.5 Å². The number of ether oxygens (including phenoxy) is 1. The lowest BCUT2D eigenvalue weighted by atomic mass is 10.1. The molecule has 2 unspecified atom stereocenters. The van der Waals surface area contributed by atoms with Crippen LogP contribution in [0.15, 0.2) is 41.1 Å². The van der Waals surface area contributed by atoms with Crippen molar-refractivity contribution in [1.82, 2.24) is 0 Å². The molecule has 1 heterocycles. The van der Waals surface area contributed by atoms with Gasteiger partial charge in [-0.1, -0.05) is 25.5 Å². The molecule has 0 spiro atoms. The average Bonchev–Trinajstić information content (AvgIpc) is 2.91. The van der Waals surface area contributed by atoms with Gasteiger partial charge in [0.05, 0.1) is 0 Å². The van der Waals surface area contributed by atoms with Crippen molar-refractivity contribution in [2.45, 2.75) is 38.8 Å². The zero-order chi connectivity index (χ0) is 13.7. The van der Waals surface area contributed by atoms with Gasteiger partial charge in [0.15, 0.2) is 0 Å². The predicted molar refractivity (Wildman–Crippen MR) is 81.8 cm³/mol. The summed E-state index contributed by atoms with van der Waals surface area (Å²) in [6.07, 6.45) is 2.20. The summed E-state index contributed by atoms with van der Waals surface area (Å²) >= 11 is 1.67. The van der Waals surface area contributed by atoms with Crippen LogP contribution in [-0.4, -0.2) is 6.04 Å². The van der Waals surface area contributed by atoms with Crippen LogP contribution in [0.5, 0.6) is 5.75 Å². The van der Waals surface area contributed by atoms with E-state index in [4.69, 9.17) is 10.5 Å². The highest BCUT2D eigenvalue weighted by Crippen LogP contribution is 2.26. The van der Waals surface area contributed by atoms with Gasteiger partial charge in [-0.05, 0) is 47.9 Å². The Bertz CT molecular complexity index is 476. The van der Waals surface area contributed by atoms with E-state index in [9.17, 15) is 0 Å². The van der Waals surface area contributed by atoms with E-state index >= 15 is 0 Å². The molecule has 0 saturated heterocycles. The second-order valence-corrected chi connectivity index (χ2v) is 5.63. The standard InChI is InChI=1S/C16H21NOS/c1-3-4-13-5-7-15(8-6-13)18-16(12(2)17)14-9-10-19-11-14/h5-12,16H,3-4,17H2,1-2H3. The van der Waals surface area contributed by atoms with Crippen molar-refractivity contribution in [2.75, 3.05) is 0 Å². The smallest absolute Gasteiger partial charge is 0.139 e. The molecule has 0 aliphatic rings. The molecule has 0 fully saturated rings. The fraction of sp³-hybridized carbons (Fsp3) is 0.375. The van der Waals surface area contributed by atoms with Gasteiger partial charge in [-0.15, -0.1) is 0 Å². The van der Waals surface area contributed by atoms with E-state index < -0.39 is 0 Å². The molecule has 2 nitrogen and oxygen atoms in total. The maximum Gasteiger partial charge on any atom is 0.139 e. The molecular weight excluding hydrogens is 254 g/mol. The highest BCUT2D eigenvalue weighted by atomic mass is 32.1. The van der Waals surface area contributed by atoms with Crippen molar-refractivity contribution < 1.29 is 4.74 Å². The minimum Gasteiger partial charge on any atom is -0.484 e. The average molecular weight is 275 g/mol. The fourth-order valence-corrected chi connectivity index (χ4v) is 2.77. The summed E-state index contributed by atoms with van der Waals surface area (Å²) in [6.45, 7) is 4.17. The zero-order valence-electron chi connectivity index (χ0n) is 11.5. The van der Waals surface area contributed by atoms with Crippen molar-refractivity contribution in [3.05, 3.63) is 52.2 Å². The summed E-state index contributed by atoms with van der Waals surface area (Å²) in [7, 11) is 0. The molecule has 2 atom stereocenters. The maximum atomic E-state index is 6.04. The van der Waals surface area contributed by atoms with Crippen LogP contribution in [0.4, 0.5) is 0 Å². The Balaban J connectivity index is 2.09. The second kappa shape index (κ2) is 6.73. The molecule has 0 aliphatic carbocycles. The molecule has 0 saturated carbocycles. The number of aryl methyl sites for hydroxylation is 1. The van der Waals surface area contributed by atoms with E-state index in [0.717, 1.165) is 24.2 Å². The quantitative estimate of drug-likeness (QED) is 0.859. The third-order valence-electron chi connectivity index (χ3n) is 3.07. The Labute approximate surface area is 119 Å². The molecule has 2 rings (SSSR count). The Morgan fingerprint density at radius 2 is 1.95 bits per heavy atom. The van der Waals surface area contributed by atoms with Crippen LogP contribution in [0.3, 0.4) is 0 Å². The number of thiophene rings is 1. The lowest BCUT2D eigenvalue weighted by Gasteiger charge is -2.22. The van der Waals surface area contributed by atoms with Crippen LogP contribution in [0, 0.1) is 0 Å². The number of benzene rings is 1. The maximum absolute atomic E-state index is 6.04. The summed E-state index contributed by atoms with van der Waals surface area (Å²) < 4.78 is 6.04. The minimum absolute atomic E-state index is 0.0371. The SMILES string of the molecule is CCCc1ccc(OC(c2ccsc2)C(C)N)cc1. The molecule has 102 valence electrons. The molecule has 1 aromatic carbocycles. The van der Waals surface area contributed by atoms with E-state index in [-0.39, 0.29) is 12.1 Å². The summed E-state index contributed by atoms with van der Waals surface area (Å²) in [5.74, 6) is 0.883. The summed E-state index contributed by atoms with van der Waals surface area (Å²) in [6, 6.07) is 10.4. The van der Waals surface area contributed by atoms with Gasteiger partial charge in [-0.3, -0.25) is 0 Å². The molecule has 0 aliphatic heterocycles. The van der Waals surface area contributed by atoms with Crippen LogP contribution in [-0.2, 0) is 6.42 Å². The van der Waals surface area contributed by atoms with Crippen molar-refractivity contribution in [2.24, 2.45) is 5.73 Å². The first-order chi connectivity index (χ1) is 9.20. The van der Waals surface area contributed by atoms with Gasteiger partial charge in [-0.2, -0.15) is 11.3 Å². The Morgan fingerprint density at radius 3 is 2.47 bits per heavy atom. The lowest BCUT2D eigenvalue weighted by Crippen LogP contribution is -2.28. The topological polar surface area (TPSA) is 35.2 Å². The molecule has 0 bridgehead atoms. The van der Waals surface area contributed by atoms with Crippen molar-refractivity contribution in [3.8, 4) is 5.75 Å². The molecule has 19 heavy (non-hydrogen) atoms. The summed E-state index contributed by atoms with van der Waals surface area (Å²) in [4.78, 5) is 0. The van der Waals surface area contributed by atoms with Crippen molar-refractivity contribution in [1.29, 1.82) is 0 Å². The van der Waals surface area contributed by atoms with Crippen molar-refractivity contribution >= 4 is 11.3 Å². The number of hydrogen-bond donors (Lipinski definition) is 1. The molecular formula is C16H21NOS. The van der Waals surface area contributed by atoms with Crippen LogP contribution >= 0.6 is 11.3 Å². The highest BCUT2D eigenvalue weighted by molar-refractivity contribution is 7.07. The van der Waals surface area contributed by atoms with Gasteiger partial charge in [-0.25, -0.2) is 0 Å². The minimum atomic E-state index is -0.0803. The van der Waals surface area contributed by atoms with Gasteiger partial charge in [0, 0.05) is 11.6 Å². The number of nitrogens with two attached hydrogens (primary N) is 1. The Hall–Kier alpha value is -1.32. The van der Waals surface area contributed by atoms with E-state index in [1.54, 1.807) is 11.3 Å². The van der Waals surface area contributed by atoms with Gasteiger partial charge >= 0.3 is 0 Å². The second-order valence-electron chi connectivity index (χ2n) is 4.85. The monoisotopic (exact) mass is 275 g/mol.